The monoisotopic (exact) mass is 228 g/mol. The van der Waals surface area contributed by atoms with Crippen molar-refractivity contribution in [1.82, 2.24) is 4.90 Å². The van der Waals surface area contributed by atoms with Crippen molar-refractivity contribution < 1.29 is 0 Å². The maximum absolute atomic E-state index is 5.92. The fourth-order valence-electron chi connectivity index (χ4n) is 2.20. The molecular formula is C14H32N2. The minimum atomic E-state index is 0.588. The molecule has 2 nitrogen and oxygen atoms in total. The molecule has 0 aliphatic heterocycles. The highest BCUT2D eigenvalue weighted by atomic mass is 15.2. The van der Waals surface area contributed by atoms with Gasteiger partial charge < -0.3 is 5.73 Å². The highest BCUT2D eigenvalue weighted by molar-refractivity contribution is 4.74. The summed E-state index contributed by atoms with van der Waals surface area (Å²) in [5.41, 5.74) is 5.92. The lowest BCUT2D eigenvalue weighted by molar-refractivity contribution is 0.150. The quantitative estimate of drug-likeness (QED) is 0.657. The van der Waals surface area contributed by atoms with E-state index in [2.05, 4.69) is 39.5 Å². The van der Waals surface area contributed by atoms with E-state index in [0.717, 1.165) is 18.4 Å². The molecule has 0 heterocycles. The first kappa shape index (κ1) is 15.9. The van der Waals surface area contributed by atoms with Crippen LogP contribution in [0.4, 0.5) is 0 Å². The minimum Gasteiger partial charge on any atom is -0.329 e. The summed E-state index contributed by atoms with van der Waals surface area (Å²) >= 11 is 0. The molecule has 16 heavy (non-hydrogen) atoms. The van der Waals surface area contributed by atoms with Crippen LogP contribution in [0.25, 0.3) is 0 Å². The maximum Gasteiger partial charge on any atom is 0.0218 e. The Hall–Kier alpha value is -0.0800. The van der Waals surface area contributed by atoms with Crippen LogP contribution < -0.4 is 5.73 Å². The molecule has 0 rings (SSSR count). The van der Waals surface area contributed by atoms with Crippen LogP contribution in [0.2, 0.25) is 0 Å². The highest BCUT2D eigenvalue weighted by Gasteiger charge is 2.18. The predicted molar refractivity (Wildman–Crippen MR) is 73.6 cm³/mol. The Morgan fingerprint density at radius 1 is 1.00 bits per heavy atom. The normalized spacial score (nSPS) is 14.1. The first-order valence-electron chi connectivity index (χ1n) is 6.95. The Bertz CT molecular complexity index is 145. The third kappa shape index (κ3) is 7.24. The Kier molecular flexibility index (Phi) is 8.96. The lowest BCUT2D eigenvalue weighted by Gasteiger charge is -2.33. The van der Waals surface area contributed by atoms with Gasteiger partial charge in [-0.2, -0.15) is 0 Å². The SMILES string of the molecule is CCCCC(CN)N(CC(C)C)CC(C)C. The molecule has 0 amide bonds. The predicted octanol–water partition coefficient (Wildman–Crippen LogP) is 3.12. The molecule has 0 aliphatic rings. The first-order valence-corrected chi connectivity index (χ1v) is 6.95. The van der Waals surface area contributed by atoms with E-state index < -0.39 is 0 Å². The number of nitrogens with zero attached hydrogens (tertiary/aromatic N) is 1. The van der Waals surface area contributed by atoms with Crippen molar-refractivity contribution in [3.63, 3.8) is 0 Å². The molecule has 2 heteroatoms. The Balaban J connectivity index is 4.29. The van der Waals surface area contributed by atoms with Gasteiger partial charge in [0.15, 0.2) is 0 Å². The molecule has 2 N–H and O–H groups in total. The van der Waals surface area contributed by atoms with Crippen molar-refractivity contribution in [3.8, 4) is 0 Å². The van der Waals surface area contributed by atoms with Gasteiger partial charge in [-0.25, -0.2) is 0 Å². The van der Waals surface area contributed by atoms with Crippen molar-refractivity contribution in [2.45, 2.75) is 59.9 Å². The number of unbranched alkanes of at least 4 members (excludes halogenated alkanes) is 1. The highest BCUT2D eigenvalue weighted by Crippen LogP contribution is 2.13. The van der Waals surface area contributed by atoms with E-state index in [1.165, 1.54) is 32.4 Å². The average molecular weight is 228 g/mol. The fourth-order valence-corrected chi connectivity index (χ4v) is 2.20. The van der Waals surface area contributed by atoms with Crippen molar-refractivity contribution in [3.05, 3.63) is 0 Å². The summed E-state index contributed by atoms with van der Waals surface area (Å²) in [6.45, 7) is 14.6. The lowest BCUT2D eigenvalue weighted by Crippen LogP contribution is -2.44. The molecule has 0 aromatic heterocycles. The van der Waals surface area contributed by atoms with Crippen molar-refractivity contribution >= 4 is 0 Å². The molecule has 0 aromatic carbocycles. The number of hydrogen-bond acceptors (Lipinski definition) is 2. The van der Waals surface area contributed by atoms with Crippen LogP contribution in [-0.4, -0.2) is 30.6 Å². The molecule has 1 atom stereocenters. The van der Waals surface area contributed by atoms with Gasteiger partial charge in [-0.05, 0) is 18.3 Å². The second kappa shape index (κ2) is 9.00. The third-order valence-corrected chi connectivity index (χ3v) is 2.88. The van der Waals surface area contributed by atoms with Gasteiger partial charge in [0.1, 0.15) is 0 Å². The van der Waals surface area contributed by atoms with Crippen molar-refractivity contribution in [2.24, 2.45) is 17.6 Å². The maximum atomic E-state index is 5.92. The van der Waals surface area contributed by atoms with E-state index in [0.29, 0.717) is 6.04 Å². The van der Waals surface area contributed by atoms with Gasteiger partial charge in [-0.15, -0.1) is 0 Å². The molecule has 0 fully saturated rings. The number of rotatable bonds is 9. The number of nitrogens with two attached hydrogens (primary N) is 1. The van der Waals surface area contributed by atoms with Crippen LogP contribution in [0.3, 0.4) is 0 Å². The second-order valence-electron chi connectivity index (χ2n) is 5.77. The summed E-state index contributed by atoms with van der Waals surface area (Å²) in [6, 6.07) is 0.588. The number of hydrogen-bond donors (Lipinski definition) is 1. The van der Waals surface area contributed by atoms with Crippen LogP contribution >= 0.6 is 0 Å². The van der Waals surface area contributed by atoms with Crippen molar-refractivity contribution in [1.29, 1.82) is 0 Å². The zero-order valence-corrected chi connectivity index (χ0v) is 12.0. The molecule has 0 saturated carbocycles. The van der Waals surface area contributed by atoms with Gasteiger partial charge in [0.05, 0.1) is 0 Å². The van der Waals surface area contributed by atoms with E-state index in [4.69, 9.17) is 5.73 Å². The zero-order chi connectivity index (χ0) is 12.6. The summed E-state index contributed by atoms with van der Waals surface area (Å²) < 4.78 is 0. The van der Waals surface area contributed by atoms with Gasteiger partial charge in [-0.3, -0.25) is 4.90 Å². The molecule has 0 spiro atoms. The standard InChI is InChI=1S/C14H32N2/c1-6-7-8-14(9-15)16(10-12(2)3)11-13(4)5/h12-14H,6-11,15H2,1-5H3. The smallest absolute Gasteiger partial charge is 0.0218 e. The first-order chi connectivity index (χ1) is 7.51. The largest absolute Gasteiger partial charge is 0.329 e. The van der Waals surface area contributed by atoms with Crippen LogP contribution in [-0.2, 0) is 0 Å². The molecule has 0 aliphatic carbocycles. The summed E-state index contributed by atoms with van der Waals surface area (Å²) in [6.07, 6.45) is 3.83. The summed E-state index contributed by atoms with van der Waals surface area (Å²) in [7, 11) is 0. The Morgan fingerprint density at radius 3 is 1.81 bits per heavy atom. The van der Waals surface area contributed by atoms with Crippen molar-refractivity contribution in [2.75, 3.05) is 19.6 Å². The van der Waals surface area contributed by atoms with Gasteiger partial charge >= 0.3 is 0 Å². The van der Waals surface area contributed by atoms with Gasteiger partial charge in [0.25, 0.3) is 0 Å². The molecule has 1 unspecified atom stereocenters. The van der Waals surface area contributed by atoms with Crippen LogP contribution in [0.15, 0.2) is 0 Å². The topological polar surface area (TPSA) is 29.3 Å². The average Bonchev–Trinajstić information content (AvgIpc) is 2.16. The Morgan fingerprint density at radius 2 is 1.50 bits per heavy atom. The van der Waals surface area contributed by atoms with Crippen LogP contribution in [0, 0.1) is 11.8 Å². The third-order valence-electron chi connectivity index (χ3n) is 2.88. The van der Waals surface area contributed by atoms with Crippen LogP contribution in [0.5, 0.6) is 0 Å². The molecule has 0 radical (unpaired) electrons. The minimum absolute atomic E-state index is 0.588. The van der Waals surface area contributed by atoms with E-state index >= 15 is 0 Å². The van der Waals surface area contributed by atoms with E-state index in [1.807, 2.05) is 0 Å². The molecular weight excluding hydrogens is 196 g/mol. The van der Waals surface area contributed by atoms with E-state index in [9.17, 15) is 0 Å². The van der Waals surface area contributed by atoms with E-state index in [-0.39, 0.29) is 0 Å². The second-order valence-corrected chi connectivity index (χ2v) is 5.77. The van der Waals surface area contributed by atoms with Crippen LogP contribution in [0.1, 0.15) is 53.9 Å². The Labute approximate surface area is 103 Å². The lowest BCUT2D eigenvalue weighted by atomic mass is 10.0. The fraction of sp³-hybridized carbons (Fsp3) is 1.00. The molecule has 0 aromatic rings. The van der Waals surface area contributed by atoms with E-state index in [1.54, 1.807) is 0 Å². The van der Waals surface area contributed by atoms with Gasteiger partial charge in [0, 0.05) is 25.7 Å². The summed E-state index contributed by atoms with van der Waals surface area (Å²) in [4.78, 5) is 2.60. The molecule has 0 bridgehead atoms. The zero-order valence-electron chi connectivity index (χ0n) is 12.0. The summed E-state index contributed by atoms with van der Waals surface area (Å²) in [5.74, 6) is 1.46. The van der Waals surface area contributed by atoms with Gasteiger partial charge in [-0.1, -0.05) is 47.5 Å². The molecule has 98 valence electrons. The summed E-state index contributed by atoms with van der Waals surface area (Å²) in [5, 5.41) is 0. The molecule has 0 saturated heterocycles. The van der Waals surface area contributed by atoms with Gasteiger partial charge in [0.2, 0.25) is 0 Å².